The highest BCUT2D eigenvalue weighted by molar-refractivity contribution is 7.98. The lowest BCUT2D eigenvalue weighted by Gasteiger charge is -2.25. The number of tetrazole rings is 1. The first kappa shape index (κ1) is 47.3. The van der Waals surface area contributed by atoms with E-state index in [1.807, 2.05) is 6.07 Å². The van der Waals surface area contributed by atoms with Crippen LogP contribution in [-0.4, -0.2) is 57.0 Å². The molecule has 0 aliphatic rings. The molecule has 12 nitrogen and oxygen atoms in total. The molecule has 0 bridgehead atoms. The third-order valence-corrected chi connectivity index (χ3v) is 11.3. The number of thioether (sulfide) groups is 1. The molecule has 4 aromatic rings. The van der Waals surface area contributed by atoms with E-state index >= 15 is 0 Å². The number of aromatic nitrogens is 4. The largest absolute Gasteiger partial charge is 0.506 e. The van der Waals surface area contributed by atoms with Crippen molar-refractivity contribution in [3.8, 4) is 11.5 Å². The fourth-order valence-corrected chi connectivity index (χ4v) is 7.73. The number of nitrogens with one attached hydrogen (secondary N) is 1. The van der Waals surface area contributed by atoms with Crippen molar-refractivity contribution >= 4 is 57.7 Å². The predicted octanol–water partition coefficient (Wildman–Crippen LogP) is 12.3. The summed E-state index contributed by atoms with van der Waals surface area (Å²) in [4.78, 5) is 39.5. The standard InChI is InChI=1S/C45H63ClN6O6S/c1-5-8-11-12-13-14-15-16-17-18-19-20-30-51(40-24-22-23-38-37(40)26-27-39(42(38)53)43(54)47-29-10-7-3)45(55)57-41-28-25-36(46)32-35(41)33-59-44-48-49-50-52(44)34(4)58-56-31-21-9-6-2/h22-28,32,53H,4-21,29-31,33H2,1-3H3,(H,47,54). The van der Waals surface area contributed by atoms with Crippen LogP contribution in [0.1, 0.15) is 146 Å². The minimum absolute atomic E-state index is 0.116. The lowest BCUT2D eigenvalue weighted by Crippen LogP contribution is -2.35. The summed E-state index contributed by atoms with van der Waals surface area (Å²) in [6.07, 6.45) is 18.4. The van der Waals surface area contributed by atoms with Crippen molar-refractivity contribution in [2.24, 2.45) is 0 Å². The quantitative estimate of drug-likeness (QED) is 0.0178. The molecular weight excluding hydrogens is 788 g/mol. The molecule has 3 aromatic carbocycles. The number of phenols is 1. The van der Waals surface area contributed by atoms with Gasteiger partial charge in [-0.15, -0.1) is 5.10 Å². The van der Waals surface area contributed by atoms with Gasteiger partial charge in [0.15, 0.2) is 0 Å². The molecule has 0 saturated heterocycles. The van der Waals surface area contributed by atoms with Gasteiger partial charge in [0, 0.05) is 40.2 Å². The van der Waals surface area contributed by atoms with Crippen molar-refractivity contribution in [1.29, 1.82) is 0 Å². The molecule has 0 aliphatic heterocycles. The zero-order valence-electron chi connectivity index (χ0n) is 35.2. The van der Waals surface area contributed by atoms with Gasteiger partial charge in [0.2, 0.25) is 5.16 Å². The number of ether oxygens (including phenoxy) is 1. The number of hydrogen-bond acceptors (Lipinski definition) is 10. The number of fused-ring (bicyclic) bond motifs is 1. The molecule has 4 rings (SSSR count). The van der Waals surface area contributed by atoms with Crippen LogP contribution in [0.25, 0.3) is 16.7 Å². The Morgan fingerprint density at radius 3 is 2.24 bits per heavy atom. The van der Waals surface area contributed by atoms with Crippen molar-refractivity contribution in [2.45, 2.75) is 141 Å². The molecule has 0 unspecified atom stereocenters. The highest BCUT2D eigenvalue weighted by Crippen LogP contribution is 2.36. The predicted molar refractivity (Wildman–Crippen MR) is 238 cm³/mol. The van der Waals surface area contributed by atoms with Crippen LogP contribution in [-0.2, 0) is 15.5 Å². The number of nitrogens with zero attached hydrogens (tertiary/aromatic N) is 5. The van der Waals surface area contributed by atoms with E-state index in [1.54, 1.807) is 47.4 Å². The average molecular weight is 852 g/mol. The molecule has 0 fully saturated rings. The number of benzene rings is 3. The van der Waals surface area contributed by atoms with Gasteiger partial charge in [-0.2, -0.15) is 9.57 Å². The normalized spacial score (nSPS) is 11.2. The van der Waals surface area contributed by atoms with Crippen molar-refractivity contribution in [1.82, 2.24) is 25.5 Å². The molecule has 0 saturated carbocycles. The van der Waals surface area contributed by atoms with Crippen LogP contribution in [0.5, 0.6) is 11.5 Å². The summed E-state index contributed by atoms with van der Waals surface area (Å²) in [5.74, 6) is 0.274. The van der Waals surface area contributed by atoms with Crippen molar-refractivity contribution in [3.63, 3.8) is 0 Å². The van der Waals surface area contributed by atoms with E-state index in [0.29, 0.717) is 63.4 Å². The Balaban J connectivity index is 1.50. The lowest BCUT2D eigenvalue weighted by molar-refractivity contribution is -0.241. The molecule has 0 spiro atoms. The summed E-state index contributed by atoms with van der Waals surface area (Å²) in [6, 6.07) is 13.8. The number of aromatic hydroxyl groups is 1. The number of halogens is 1. The molecule has 2 N–H and O–H groups in total. The van der Waals surface area contributed by atoms with E-state index < -0.39 is 6.09 Å². The minimum Gasteiger partial charge on any atom is -0.506 e. The summed E-state index contributed by atoms with van der Waals surface area (Å²) in [5.41, 5.74) is 1.40. The zero-order valence-corrected chi connectivity index (χ0v) is 36.8. The van der Waals surface area contributed by atoms with Gasteiger partial charge in [-0.25, -0.2) is 4.79 Å². The van der Waals surface area contributed by atoms with Gasteiger partial charge in [0.05, 0.1) is 17.9 Å². The second-order valence-corrected chi connectivity index (χ2v) is 16.2. The summed E-state index contributed by atoms with van der Waals surface area (Å²) in [5, 5.41) is 28.1. The van der Waals surface area contributed by atoms with E-state index in [-0.39, 0.29) is 23.1 Å². The molecule has 0 atom stereocenters. The highest BCUT2D eigenvalue weighted by atomic mass is 35.5. The topological polar surface area (TPSA) is 141 Å². The number of anilines is 1. The third-order valence-electron chi connectivity index (χ3n) is 10.1. The van der Waals surface area contributed by atoms with E-state index in [9.17, 15) is 14.7 Å². The maximum atomic E-state index is 14.3. The second kappa shape index (κ2) is 26.7. The van der Waals surface area contributed by atoms with Crippen LogP contribution in [0, 0.1) is 0 Å². The Bertz CT molecular complexity index is 1910. The van der Waals surface area contributed by atoms with Crippen LogP contribution >= 0.6 is 23.4 Å². The van der Waals surface area contributed by atoms with E-state index in [2.05, 4.69) is 48.2 Å². The number of phenolic OH excluding ortho intramolecular Hbond substituents is 1. The molecule has 1 aromatic heterocycles. The fraction of sp³-hybridized carbons (Fsp3) is 0.533. The number of rotatable bonds is 29. The maximum absolute atomic E-state index is 14.3. The molecule has 2 amide bonds. The van der Waals surface area contributed by atoms with Crippen LogP contribution in [0.15, 0.2) is 60.3 Å². The second-order valence-electron chi connectivity index (χ2n) is 14.8. The molecule has 0 radical (unpaired) electrons. The zero-order chi connectivity index (χ0) is 42.2. The monoisotopic (exact) mass is 850 g/mol. The summed E-state index contributed by atoms with van der Waals surface area (Å²) < 4.78 is 7.51. The van der Waals surface area contributed by atoms with Gasteiger partial charge < -0.3 is 20.0 Å². The molecule has 59 heavy (non-hydrogen) atoms. The molecular formula is C45H63ClN6O6S. The summed E-state index contributed by atoms with van der Waals surface area (Å²) >= 11 is 7.74. The van der Waals surface area contributed by atoms with Gasteiger partial charge in [-0.1, -0.05) is 152 Å². The molecule has 322 valence electrons. The lowest BCUT2D eigenvalue weighted by atomic mass is 10.0. The third kappa shape index (κ3) is 15.3. The number of amides is 2. The number of carbonyl (C=O) groups is 2. The van der Waals surface area contributed by atoms with Crippen LogP contribution < -0.4 is 15.0 Å². The van der Waals surface area contributed by atoms with E-state index in [4.69, 9.17) is 26.1 Å². The van der Waals surface area contributed by atoms with E-state index in [0.717, 1.165) is 57.8 Å². The number of carbonyl (C=O) groups excluding carboxylic acids is 2. The van der Waals surface area contributed by atoms with Crippen LogP contribution in [0.4, 0.5) is 10.5 Å². The van der Waals surface area contributed by atoms with Gasteiger partial charge in [0.1, 0.15) is 11.5 Å². The summed E-state index contributed by atoms with van der Waals surface area (Å²) in [6.45, 7) is 11.6. The maximum Gasteiger partial charge on any atom is 0.419 e. The SMILES string of the molecule is C=C(OOCCCCC)n1nnnc1SCc1cc(Cl)ccc1OC(=O)N(CCCCCCCCCCCCCC)c1cccc2c(O)c(C(=O)NCCCC)ccc12. The fourth-order valence-electron chi connectivity index (χ4n) is 6.67. The smallest absolute Gasteiger partial charge is 0.419 e. The first-order chi connectivity index (χ1) is 28.8. The molecule has 14 heteroatoms. The molecule has 0 aliphatic carbocycles. The Kier molecular flexibility index (Phi) is 21.4. The Labute approximate surface area is 359 Å². The van der Waals surface area contributed by atoms with Gasteiger partial charge in [0.25, 0.3) is 11.8 Å². The number of hydrogen-bond donors (Lipinski definition) is 2. The minimum atomic E-state index is -0.582. The average Bonchev–Trinajstić information content (AvgIpc) is 3.71. The first-order valence-electron chi connectivity index (χ1n) is 21.5. The Hall–Kier alpha value is -4.33. The van der Waals surface area contributed by atoms with Gasteiger partial charge in [-0.3, -0.25) is 9.69 Å². The van der Waals surface area contributed by atoms with Crippen LogP contribution in [0.3, 0.4) is 0 Å². The van der Waals surface area contributed by atoms with Gasteiger partial charge in [-0.05, 0) is 66.6 Å². The molecule has 1 heterocycles. The first-order valence-corrected chi connectivity index (χ1v) is 22.9. The van der Waals surface area contributed by atoms with Crippen molar-refractivity contribution in [3.05, 3.63) is 71.3 Å². The Morgan fingerprint density at radius 2 is 1.53 bits per heavy atom. The summed E-state index contributed by atoms with van der Waals surface area (Å²) in [7, 11) is 0. The van der Waals surface area contributed by atoms with Gasteiger partial charge >= 0.3 is 6.09 Å². The van der Waals surface area contributed by atoms with Crippen molar-refractivity contribution in [2.75, 3.05) is 24.6 Å². The van der Waals surface area contributed by atoms with Crippen molar-refractivity contribution < 1.29 is 29.2 Å². The van der Waals surface area contributed by atoms with Crippen LogP contribution in [0.2, 0.25) is 5.02 Å². The highest BCUT2D eigenvalue weighted by Gasteiger charge is 2.24. The number of unbranched alkanes of at least 4 members (excludes halogenated alkanes) is 14. The Morgan fingerprint density at radius 1 is 0.847 bits per heavy atom. The van der Waals surface area contributed by atoms with E-state index in [1.165, 1.54) is 67.8 Å².